The quantitative estimate of drug-likeness (QED) is 0.806. The first-order valence-electron chi connectivity index (χ1n) is 8.63. The van der Waals surface area contributed by atoms with E-state index in [-0.39, 0.29) is 17.9 Å². The number of nitrogens with one attached hydrogen (secondary N) is 2. The zero-order chi connectivity index (χ0) is 18.0. The third kappa shape index (κ3) is 4.12. The third-order valence-corrected chi connectivity index (χ3v) is 5.53. The molecule has 0 bridgehead atoms. The zero-order valence-corrected chi connectivity index (χ0v) is 15.7. The average Bonchev–Trinajstić information content (AvgIpc) is 3.16. The number of anilines is 2. The molecule has 134 valence electrons. The van der Waals surface area contributed by atoms with Gasteiger partial charge in [-0.05, 0) is 63.4 Å². The van der Waals surface area contributed by atoms with Crippen LogP contribution in [0.4, 0.5) is 20.6 Å². The van der Waals surface area contributed by atoms with E-state index in [1.807, 2.05) is 11.8 Å². The first-order chi connectivity index (χ1) is 11.9. The number of urea groups is 1. The van der Waals surface area contributed by atoms with Crippen LogP contribution in [0.25, 0.3) is 0 Å². The Morgan fingerprint density at radius 2 is 1.96 bits per heavy atom. The fourth-order valence-electron chi connectivity index (χ4n) is 3.32. The Kier molecular flexibility index (Phi) is 5.27. The number of carbonyl (C=O) groups excluding carboxylic acids is 1. The lowest BCUT2D eigenvalue weighted by molar-refractivity contribution is 0.249. The number of halogens is 1. The summed E-state index contributed by atoms with van der Waals surface area (Å²) in [5, 5.41) is 5.63. The van der Waals surface area contributed by atoms with Crippen LogP contribution in [0, 0.1) is 19.7 Å². The molecule has 1 aromatic heterocycles. The van der Waals surface area contributed by atoms with Gasteiger partial charge in [0.15, 0.2) is 0 Å². The molecule has 1 aliphatic rings. The zero-order valence-electron chi connectivity index (χ0n) is 14.9. The lowest BCUT2D eigenvalue weighted by atomic mass is 10.1. The molecule has 2 aromatic rings. The minimum Gasteiger partial charge on any atom is -0.369 e. The van der Waals surface area contributed by atoms with Crippen LogP contribution in [0.5, 0.6) is 0 Å². The number of benzene rings is 1. The third-order valence-electron chi connectivity index (χ3n) is 4.55. The molecule has 6 heteroatoms. The molecule has 4 nitrogen and oxygen atoms in total. The lowest BCUT2D eigenvalue weighted by Crippen LogP contribution is -2.31. The van der Waals surface area contributed by atoms with Gasteiger partial charge in [0.05, 0.1) is 11.7 Å². The number of rotatable bonds is 4. The topological polar surface area (TPSA) is 44.4 Å². The van der Waals surface area contributed by atoms with Crippen molar-refractivity contribution in [2.24, 2.45) is 0 Å². The van der Waals surface area contributed by atoms with Gasteiger partial charge in [-0.2, -0.15) is 0 Å². The molecule has 0 saturated carbocycles. The summed E-state index contributed by atoms with van der Waals surface area (Å²) < 4.78 is 14.3. The number of hydrogen-bond acceptors (Lipinski definition) is 3. The van der Waals surface area contributed by atoms with Crippen molar-refractivity contribution in [1.29, 1.82) is 0 Å². The Hall–Kier alpha value is -2.08. The predicted molar refractivity (Wildman–Crippen MR) is 102 cm³/mol. The summed E-state index contributed by atoms with van der Waals surface area (Å²) in [6.45, 7) is 7.83. The summed E-state index contributed by atoms with van der Waals surface area (Å²) in [4.78, 5) is 16.7. The van der Waals surface area contributed by atoms with Crippen molar-refractivity contribution in [3.63, 3.8) is 0 Å². The first kappa shape index (κ1) is 17.7. The number of aryl methyl sites for hydroxylation is 2. The molecule has 0 radical (unpaired) electrons. The fourth-order valence-corrected chi connectivity index (χ4v) is 4.34. The van der Waals surface area contributed by atoms with E-state index < -0.39 is 0 Å². The second-order valence-corrected chi connectivity index (χ2v) is 8.01. The highest BCUT2D eigenvalue weighted by Crippen LogP contribution is 2.27. The second kappa shape index (κ2) is 7.44. The van der Waals surface area contributed by atoms with Crippen molar-refractivity contribution < 1.29 is 9.18 Å². The van der Waals surface area contributed by atoms with E-state index in [2.05, 4.69) is 30.5 Å². The van der Waals surface area contributed by atoms with Crippen LogP contribution in [0.2, 0.25) is 0 Å². The van der Waals surface area contributed by atoms with E-state index in [1.165, 1.54) is 15.8 Å². The normalized spacial score (nSPS) is 15.3. The number of thiophene rings is 1. The van der Waals surface area contributed by atoms with Crippen LogP contribution in [0.3, 0.4) is 0 Å². The number of hydrogen-bond donors (Lipinski definition) is 2. The van der Waals surface area contributed by atoms with Crippen molar-refractivity contribution in [2.75, 3.05) is 23.3 Å². The minimum absolute atomic E-state index is 0.0985. The monoisotopic (exact) mass is 361 g/mol. The van der Waals surface area contributed by atoms with Crippen LogP contribution in [-0.4, -0.2) is 19.1 Å². The molecule has 25 heavy (non-hydrogen) atoms. The highest BCUT2D eigenvalue weighted by atomic mass is 32.1. The molecule has 3 rings (SSSR count). The average molecular weight is 361 g/mol. The summed E-state index contributed by atoms with van der Waals surface area (Å²) in [7, 11) is 0. The molecule has 0 spiro atoms. The molecule has 1 aromatic carbocycles. The Morgan fingerprint density at radius 3 is 2.56 bits per heavy atom. The smallest absolute Gasteiger partial charge is 0.319 e. The van der Waals surface area contributed by atoms with Crippen molar-refractivity contribution in [3.05, 3.63) is 45.4 Å². The molecule has 0 unspecified atom stereocenters. The van der Waals surface area contributed by atoms with Crippen molar-refractivity contribution in [3.8, 4) is 0 Å². The SMILES string of the molecule is Cc1cc([C@H](C)NC(=O)Nc2ccc(N3CCCC3)c(F)c2)c(C)s1. The Bertz CT molecular complexity index is 768. The van der Waals surface area contributed by atoms with E-state index >= 15 is 0 Å². The molecule has 1 aliphatic heterocycles. The van der Waals surface area contributed by atoms with Crippen LogP contribution in [0.15, 0.2) is 24.3 Å². The molecule has 0 aliphatic carbocycles. The van der Waals surface area contributed by atoms with Crippen LogP contribution in [-0.2, 0) is 0 Å². The van der Waals surface area contributed by atoms with E-state index in [1.54, 1.807) is 23.5 Å². The minimum atomic E-state index is -0.330. The van der Waals surface area contributed by atoms with Gasteiger partial charge in [0.1, 0.15) is 5.82 Å². The van der Waals surface area contributed by atoms with E-state index in [9.17, 15) is 9.18 Å². The largest absolute Gasteiger partial charge is 0.369 e. The second-order valence-electron chi connectivity index (χ2n) is 6.55. The van der Waals surface area contributed by atoms with Gasteiger partial charge in [0.2, 0.25) is 0 Å². The standard InChI is InChI=1S/C19H24FN3OS/c1-12-10-16(14(3)25-12)13(2)21-19(24)22-15-6-7-18(17(20)11-15)23-8-4-5-9-23/h6-7,10-11,13H,4-5,8-9H2,1-3H3,(H2,21,22,24)/t13-/m0/s1. The maximum absolute atomic E-state index is 14.3. The summed E-state index contributed by atoms with van der Waals surface area (Å²) in [6, 6.07) is 6.54. The number of amides is 2. The van der Waals surface area contributed by atoms with Gasteiger partial charge < -0.3 is 15.5 Å². The predicted octanol–water partition coefficient (Wildman–Crippen LogP) is 4.99. The summed E-state index contributed by atoms with van der Waals surface area (Å²) in [5.74, 6) is -0.294. The Morgan fingerprint density at radius 1 is 1.24 bits per heavy atom. The van der Waals surface area contributed by atoms with Crippen LogP contribution in [0.1, 0.15) is 41.1 Å². The summed E-state index contributed by atoms with van der Waals surface area (Å²) in [5.41, 5.74) is 2.19. The first-order valence-corrected chi connectivity index (χ1v) is 9.44. The van der Waals surface area contributed by atoms with Gasteiger partial charge in [-0.1, -0.05) is 0 Å². The van der Waals surface area contributed by atoms with Crippen molar-refractivity contribution in [2.45, 2.75) is 39.7 Å². The van der Waals surface area contributed by atoms with Gasteiger partial charge in [-0.25, -0.2) is 9.18 Å². The Labute approximate surface area is 152 Å². The fraction of sp³-hybridized carbons (Fsp3) is 0.421. The molecule has 1 fully saturated rings. The highest BCUT2D eigenvalue weighted by Gasteiger charge is 2.17. The highest BCUT2D eigenvalue weighted by molar-refractivity contribution is 7.12. The maximum atomic E-state index is 14.3. The van der Waals surface area contributed by atoms with Gasteiger partial charge in [0, 0.05) is 28.5 Å². The van der Waals surface area contributed by atoms with Gasteiger partial charge in [-0.15, -0.1) is 11.3 Å². The molecular weight excluding hydrogens is 337 g/mol. The van der Waals surface area contributed by atoms with E-state index in [4.69, 9.17) is 0 Å². The lowest BCUT2D eigenvalue weighted by Gasteiger charge is -2.19. The molecule has 2 amide bonds. The molecule has 1 saturated heterocycles. The van der Waals surface area contributed by atoms with Gasteiger partial charge >= 0.3 is 6.03 Å². The van der Waals surface area contributed by atoms with E-state index in [0.717, 1.165) is 31.5 Å². The van der Waals surface area contributed by atoms with Crippen LogP contribution < -0.4 is 15.5 Å². The van der Waals surface area contributed by atoms with Gasteiger partial charge in [0.25, 0.3) is 0 Å². The molecule has 2 heterocycles. The molecule has 2 N–H and O–H groups in total. The van der Waals surface area contributed by atoms with E-state index in [0.29, 0.717) is 11.4 Å². The summed E-state index contributed by atoms with van der Waals surface area (Å²) in [6.07, 6.45) is 2.20. The van der Waals surface area contributed by atoms with Crippen molar-refractivity contribution >= 4 is 28.7 Å². The number of carbonyl (C=O) groups is 1. The summed E-state index contributed by atoms with van der Waals surface area (Å²) >= 11 is 1.72. The van der Waals surface area contributed by atoms with Crippen LogP contribution >= 0.6 is 11.3 Å². The van der Waals surface area contributed by atoms with Gasteiger partial charge in [-0.3, -0.25) is 0 Å². The Balaban J connectivity index is 1.62. The molecular formula is C19H24FN3OS. The van der Waals surface area contributed by atoms with Crippen molar-refractivity contribution in [1.82, 2.24) is 5.32 Å². The number of nitrogens with zero attached hydrogens (tertiary/aromatic N) is 1. The maximum Gasteiger partial charge on any atom is 0.319 e. The molecule has 1 atom stereocenters.